The standard InChI is InChI=1S/C13H23NO.C3H8.C2H6/c1-4-6-9-13(5-2)10-7-8-11-14-12(3)15;1-3-2;1-2/h5-6,9H,4,7-8,10-11H2,1-3H3,(H,14,15);3H2,1-2H3;1-2H3/b9-6-,13-5+;;. The van der Waals surface area contributed by atoms with Crippen LogP contribution >= 0.6 is 0 Å². The van der Waals surface area contributed by atoms with Gasteiger partial charge in [-0.3, -0.25) is 4.79 Å². The largest absolute Gasteiger partial charge is 0.356 e. The second kappa shape index (κ2) is 23.1. The summed E-state index contributed by atoms with van der Waals surface area (Å²) in [6, 6.07) is 0. The van der Waals surface area contributed by atoms with Crippen molar-refractivity contribution in [3.05, 3.63) is 23.8 Å². The zero-order valence-corrected chi connectivity index (χ0v) is 14.9. The number of hydrogen-bond acceptors (Lipinski definition) is 1. The SMILES string of the molecule is C/C=C(\C=C/CC)CCCCNC(C)=O.CC.CCC. The molecule has 0 radical (unpaired) electrons. The van der Waals surface area contributed by atoms with Gasteiger partial charge in [0.15, 0.2) is 0 Å². The number of unbranched alkanes of at least 4 members (excludes halogenated alkanes) is 1. The van der Waals surface area contributed by atoms with Gasteiger partial charge in [-0.15, -0.1) is 0 Å². The summed E-state index contributed by atoms with van der Waals surface area (Å²) in [6.45, 7) is 14.8. The number of carbonyl (C=O) groups is 1. The second-order valence-electron chi connectivity index (χ2n) is 4.32. The smallest absolute Gasteiger partial charge is 0.216 e. The molecule has 0 spiro atoms. The molecule has 120 valence electrons. The molecule has 0 atom stereocenters. The van der Waals surface area contributed by atoms with E-state index < -0.39 is 0 Å². The Kier molecular flexibility index (Phi) is 27.7. The molecule has 0 unspecified atom stereocenters. The molecule has 0 heterocycles. The van der Waals surface area contributed by atoms with Gasteiger partial charge < -0.3 is 5.32 Å². The zero-order valence-electron chi connectivity index (χ0n) is 14.9. The summed E-state index contributed by atoms with van der Waals surface area (Å²) in [5.41, 5.74) is 1.39. The van der Waals surface area contributed by atoms with E-state index in [-0.39, 0.29) is 5.91 Å². The Bertz CT molecular complexity index is 242. The van der Waals surface area contributed by atoms with Crippen molar-refractivity contribution in [2.24, 2.45) is 0 Å². The van der Waals surface area contributed by atoms with E-state index in [1.807, 2.05) is 13.8 Å². The van der Waals surface area contributed by atoms with Crippen LogP contribution in [0.4, 0.5) is 0 Å². The van der Waals surface area contributed by atoms with Crippen LogP contribution in [0.15, 0.2) is 23.8 Å². The first kappa shape index (κ1) is 24.0. The summed E-state index contributed by atoms with van der Waals surface area (Å²) in [6.07, 6.45) is 12.2. The Morgan fingerprint density at radius 2 is 1.65 bits per heavy atom. The lowest BCUT2D eigenvalue weighted by atomic mass is 10.1. The molecule has 0 rings (SSSR count). The zero-order chi connectivity index (χ0) is 16.2. The summed E-state index contributed by atoms with van der Waals surface area (Å²) in [7, 11) is 0. The van der Waals surface area contributed by atoms with Crippen LogP contribution in [0.1, 0.15) is 80.6 Å². The monoisotopic (exact) mass is 283 g/mol. The first-order chi connectivity index (χ1) is 9.62. The van der Waals surface area contributed by atoms with Gasteiger partial charge in [0.25, 0.3) is 0 Å². The quantitative estimate of drug-likeness (QED) is 0.475. The third-order valence-corrected chi connectivity index (χ3v) is 2.20. The van der Waals surface area contributed by atoms with E-state index >= 15 is 0 Å². The van der Waals surface area contributed by atoms with Gasteiger partial charge in [-0.2, -0.15) is 0 Å². The number of hydrogen-bond donors (Lipinski definition) is 1. The van der Waals surface area contributed by atoms with Crippen molar-refractivity contribution in [2.75, 3.05) is 6.54 Å². The van der Waals surface area contributed by atoms with Crippen LogP contribution < -0.4 is 5.32 Å². The van der Waals surface area contributed by atoms with Crippen molar-refractivity contribution in [3.63, 3.8) is 0 Å². The topological polar surface area (TPSA) is 29.1 Å². The molecule has 2 heteroatoms. The van der Waals surface area contributed by atoms with Gasteiger partial charge in [0, 0.05) is 13.5 Å². The fourth-order valence-corrected chi connectivity index (χ4v) is 1.31. The van der Waals surface area contributed by atoms with Crippen LogP contribution in [-0.2, 0) is 4.79 Å². The van der Waals surface area contributed by atoms with E-state index in [1.54, 1.807) is 6.92 Å². The van der Waals surface area contributed by atoms with Crippen molar-refractivity contribution in [1.29, 1.82) is 0 Å². The molecule has 1 N–H and O–H groups in total. The minimum absolute atomic E-state index is 0.0622. The highest BCUT2D eigenvalue weighted by atomic mass is 16.1. The van der Waals surface area contributed by atoms with E-state index in [2.05, 4.69) is 51.2 Å². The van der Waals surface area contributed by atoms with Crippen LogP contribution in [-0.4, -0.2) is 12.5 Å². The highest BCUT2D eigenvalue weighted by Crippen LogP contribution is 2.08. The molecule has 0 aliphatic rings. The van der Waals surface area contributed by atoms with Gasteiger partial charge in [-0.25, -0.2) is 0 Å². The third-order valence-electron chi connectivity index (χ3n) is 2.20. The molecule has 0 aromatic carbocycles. The Morgan fingerprint density at radius 3 is 2.05 bits per heavy atom. The van der Waals surface area contributed by atoms with Gasteiger partial charge in [-0.05, 0) is 32.6 Å². The Labute approximate surface area is 127 Å². The Morgan fingerprint density at radius 1 is 1.10 bits per heavy atom. The van der Waals surface area contributed by atoms with E-state index in [0.29, 0.717) is 0 Å². The van der Waals surface area contributed by atoms with E-state index in [9.17, 15) is 4.79 Å². The maximum Gasteiger partial charge on any atom is 0.216 e. The maximum absolute atomic E-state index is 10.6. The number of rotatable bonds is 7. The molecular weight excluding hydrogens is 246 g/mol. The first-order valence-electron chi connectivity index (χ1n) is 8.18. The summed E-state index contributed by atoms with van der Waals surface area (Å²) in [5, 5.41) is 2.80. The molecule has 0 bridgehead atoms. The van der Waals surface area contributed by atoms with Crippen LogP contribution in [0.5, 0.6) is 0 Å². The van der Waals surface area contributed by atoms with Crippen LogP contribution in [0.2, 0.25) is 0 Å². The fraction of sp³-hybridized carbons (Fsp3) is 0.722. The lowest BCUT2D eigenvalue weighted by molar-refractivity contribution is -0.118. The minimum atomic E-state index is 0.0622. The molecule has 1 amide bonds. The molecule has 0 saturated heterocycles. The average molecular weight is 284 g/mol. The van der Waals surface area contributed by atoms with Crippen molar-refractivity contribution < 1.29 is 4.79 Å². The normalized spacial score (nSPS) is 10.2. The first-order valence-corrected chi connectivity index (χ1v) is 8.18. The number of allylic oxidation sites excluding steroid dienone is 4. The Balaban J connectivity index is -0.000000505. The summed E-state index contributed by atoms with van der Waals surface area (Å²) >= 11 is 0. The molecule has 0 aromatic rings. The van der Waals surface area contributed by atoms with Crippen molar-refractivity contribution in [1.82, 2.24) is 5.32 Å². The molecule has 0 aromatic heterocycles. The minimum Gasteiger partial charge on any atom is -0.356 e. The second-order valence-corrected chi connectivity index (χ2v) is 4.32. The maximum atomic E-state index is 10.6. The van der Waals surface area contributed by atoms with Crippen LogP contribution in [0.3, 0.4) is 0 Å². The summed E-state index contributed by atoms with van der Waals surface area (Å²) in [5.74, 6) is 0.0622. The van der Waals surface area contributed by atoms with Gasteiger partial charge in [0.05, 0.1) is 0 Å². The fourth-order valence-electron chi connectivity index (χ4n) is 1.31. The molecule has 0 fully saturated rings. The molecule has 0 saturated carbocycles. The highest BCUT2D eigenvalue weighted by Gasteiger charge is 1.93. The Hall–Kier alpha value is -1.05. The number of carbonyl (C=O) groups excluding carboxylic acids is 1. The van der Waals surface area contributed by atoms with Crippen LogP contribution in [0, 0.1) is 0 Å². The molecular formula is C18H37NO. The highest BCUT2D eigenvalue weighted by molar-refractivity contribution is 5.72. The summed E-state index contributed by atoms with van der Waals surface area (Å²) in [4.78, 5) is 10.6. The van der Waals surface area contributed by atoms with Crippen molar-refractivity contribution >= 4 is 5.91 Å². The van der Waals surface area contributed by atoms with Crippen molar-refractivity contribution in [2.45, 2.75) is 80.6 Å². The third kappa shape index (κ3) is 25.7. The van der Waals surface area contributed by atoms with Gasteiger partial charge in [0.2, 0.25) is 5.91 Å². The lowest BCUT2D eigenvalue weighted by Crippen LogP contribution is -2.20. The van der Waals surface area contributed by atoms with E-state index in [1.165, 1.54) is 12.0 Å². The summed E-state index contributed by atoms with van der Waals surface area (Å²) < 4.78 is 0. The molecule has 2 nitrogen and oxygen atoms in total. The van der Waals surface area contributed by atoms with E-state index in [4.69, 9.17) is 0 Å². The van der Waals surface area contributed by atoms with Gasteiger partial charge in [-0.1, -0.05) is 64.8 Å². The average Bonchev–Trinajstić information content (AvgIpc) is 2.44. The number of amides is 1. The predicted octanol–water partition coefficient (Wildman–Crippen LogP) is 5.65. The van der Waals surface area contributed by atoms with Crippen molar-refractivity contribution in [3.8, 4) is 0 Å². The molecule has 0 aliphatic heterocycles. The van der Waals surface area contributed by atoms with Gasteiger partial charge in [0.1, 0.15) is 0 Å². The van der Waals surface area contributed by atoms with E-state index in [0.717, 1.165) is 32.2 Å². The lowest BCUT2D eigenvalue weighted by Gasteiger charge is -2.03. The predicted molar refractivity (Wildman–Crippen MR) is 93.0 cm³/mol. The number of nitrogens with one attached hydrogen (secondary N) is 1. The van der Waals surface area contributed by atoms with Crippen LogP contribution in [0.25, 0.3) is 0 Å². The molecule has 0 aliphatic carbocycles. The molecule has 20 heavy (non-hydrogen) atoms. The van der Waals surface area contributed by atoms with Gasteiger partial charge >= 0.3 is 0 Å².